The molecule has 0 saturated heterocycles. The van der Waals surface area contributed by atoms with Crippen molar-refractivity contribution >= 4 is 11.8 Å². The van der Waals surface area contributed by atoms with Crippen LogP contribution in [0.4, 0.5) is 0 Å². The molecule has 1 aliphatic heterocycles. The van der Waals surface area contributed by atoms with Gasteiger partial charge in [-0.05, 0) is 19.7 Å². The van der Waals surface area contributed by atoms with E-state index < -0.39 is 0 Å². The molecule has 0 unspecified atom stereocenters. The molecule has 1 aromatic heterocycles. The molecule has 0 saturated carbocycles. The molecule has 2 heterocycles. The standard InChI is InChI=1S/C9H13N3OS/c1-12-4-3-6-7(5-12)10-9(14-2)11-8(6)13/h3-5H2,1-2H3,(H,10,11,13). The molecule has 14 heavy (non-hydrogen) atoms. The van der Waals surface area contributed by atoms with E-state index in [2.05, 4.69) is 21.9 Å². The molecule has 0 atom stereocenters. The zero-order valence-electron chi connectivity index (χ0n) is 8.32. The Morgan fingerprint density at radius 2 is 2.21 bits per heavy atom. The first-order chi connectivity index (χ1) is 6.70. The summed E-state index contributed by atoms with van der Waals surface area (Å²) in [7, 11) is 2.06. The van der Waals surface area contributed by atoms with Gasteiger partial charge in [0, 0.05) is 18.7 Å². The summed E-state index contributed by atoms with van der Waals surface area (Å²) in [6.45, 7) is 1.77. The van der Waals surface area contributed by atoms with Crippen LogP contribution in [0.15, 0.2) is 5.16 Å². The van der Waals surface area contributed by atoms with Crippen LogP contribution in [0.2, 0.25) is 0 Å². The van der Waals surface area contributed by atoms with Crippen LogP contribution >= 0.6 is 11.8 Å². The number of hydrogen-bond donors (Lipinski definition) is 1. The highest BCUT2D eigenvalue weighted by Gasteiger charge is 2.19. The van der Waals surface area contributed by atoms with Crippen molar-refractivity contribution in [2.45, 2.75) is 18.1 Å². The Bertz CT molecular complexity index is 356. The third kappa shape index (κ3) is 1.69. The maximum Gasteiger partial charge on any atom is 0.218 e. The summed E-state index contributed by atoms with van der Waals surface area (Å²) in [6.07, 6.45) is 2.75. The molecule has 0 aromatic carbocycles. The monoisotopic (exact) mass is 211 g/mol. The molecule has 4 nitrogen and oxygen atoms in total. The SMILES string of the molecule is CSc1nc(O)c2c(n1)CN(C)CC2. The molecule has 1 aliphatic rings. The van der Waals surface area contributed by atoms with Gasteiger partial charge in [-0.1, -0.05) is 11.8 Å². The lowest BCUT2D eigenvalue weighted by molar-refractivity contribution is 0.298. The number of aromatic nitrogens is 2. The van der Waals surface area contributed by atoms with E-state index in [1.54, 1.807) is 0 Å². The molecule has 0 spiro atoms. The van der Waals surface area contributed by atoms with Crippen molar-refractivity contribution < 1.29 is 5.11 Å². The smallest absolute Gasteiger partial charge is 0.218 e. The first-order valence-electron chi connectivity index (χ1n) is 4.52. The Hall–Kier alpha value is -0.810. The number of rotatable bonds is 1. The predicted molar refractivity (Wildman–Crippen MR) is 55.5 cm³/mol. The average Bonchev–Trinajstić information content (AvgIpc) is 2.16. The number of fused-ring (bicyclic) bond motifs is 1. The van der Waals surface area contributed by atoms with Gasteiger partial charge in [-0.2, -0.15) is 4.98 Å². The van der Waals surface area contributed by atoms with Gasteiger partial charge in [-0.3, -0.25) is 0 Å². The number of hydrogen-bond acceptors (Lipinski definition) is 5. The van der Waals surface area contributed by atoms with Crippen LogP contribution in [-0.4, -0.2) is 39.8 Å². The Morgan fingerprint density at radius 1 is 1.43 bits per heavy atom. The minimum absolute atomic E-state index is 0.160. The highest BCUT2D eigenvalue weighted by Crippen LogP contribution is 2.25. The normalized spacial score (nSPS) is 16.7. The lowest BCUT2D eigenvalue weighted by Gasteiger charge is -2.24. The zero-order chi connectivity index (χ0) is 10.1. The number of thioether (sulfide) groups is 1. The van der Waals surface area contributed by atoms with Crippen LogP contribution in [0.3, 0.4) is 0 Å². The van der Waals surface area contributed by atoms with E-state index in [9.17, 15) is 5.11 Å². The average molecular weight is 211 g/mol. The summed E-state index contributed by atoms with van der Waals surface area (Å²) in [5.74, 6) is 0.160. The van der Waals surface area contributed by atoms with Crippen molar-refractivity contribution in [3.05, 3.63) is 11.3 Å². The third-order valence-corrected chi connectivity index (χ3v) is 2.94. The minimum atomic E-state index is 0.160. The van der Waals surface area contributed by atoms with E-state index in [1.165, 1.54) is 11.8 Å². The van der Waals surface area contributed by atoms with Crippen molar-refractivity contribution in [1.82, 2.24) is 14.9 Å². The molecule has 0 aliphatic carbocycles. The van der Waals surface area contributed by atoms with Gasteiger partial charge in [0.2, 0.25) is 5.88 Å². The molecular formula is C9H13N3OS. The summed E-state index contributed by atoms with van der Waals surface area (Å²) in [4.78, 5) is 10.6. The molecule has 0 radical (unpaired) electrons. The topological polar surface area (TPSA) is 49.3 Å². The second kappa shape index (κ2) is 3.74. The fraction of sp³-hybridized carbons (Fsp3) is 0.556. The molecule has 0 fully saturated rings. The quantitative estimate of drug-likeness (QED) is 0.552. The van der Waals surface area contributed by atoms with Crippen LogP contribution < -0.4 is 0 Å². The van der Waals surface area contributed by atoms with Gasteiger partial charge in [0.1, 0.15) is 0 Å². The Labute approximate surface area is 87.4 Å². The summed E-state index contributed by atoms with van der Waals surface area (Å²) in [6, 6.07) is 0. The van der Waals surface area contributed by atoms with Crippen LogP contribution in [-0.2, 0) is 13.0 Å². The third-order valence-electron chi connectivity index (χ3n) is 2.40. The van der Waals surface area contributed by atoms with Gasteiger partial charge in [-0.15, -0.1) is 0 Å². The van der Waals surface area contributed by atoms with Crippen molar-refractivity contribution in [1.29, 1.82) is 0 Å². The predicted octanol–water partition coefficient (Wildman–Crippen LogP) is 0.892. The van der Waals surface area contributed by atoms with Crippen molar-refractivity contribution in [3.63, 3.8) is 0 Å². The van der Waals surface area contributed by atoms with Crippen LogP contribution in [0.1, 0.15) is 11.3 Å². The van der Waals surface area contributed by atoms with Crippen LogP contribution in [0.5, 0.6) is 5.88 Å². The van der Waals surface area contributed by atoms with Gasteiger partial charge in [-0.25, -0.2) is 4.98 Å². The summed E-state index contributed by atoms with van der Waals surface area (Å²) in [5.41, 5.74) is 1.89. The van der Waals surface area contributed by atoms with Crippen molar-refractivity contribution in [3.8, 4) is 5.88 Å². The first kappa shape index (κ1) is 9.73. The molecule has 1 N–H and O–H groups in total. The minimum Gasteiger partial charge on any atom is -0.493 e. The second-order valence-electron chi connectivity index (χ2n) is 3.45. The van der Waals surface area contributed by atoms with E-state index >= 15 is 0 Å². The molecule has 1 aromatic rings. The molecule has 76 valence electrons. The van der Waals surface area contributed by atoms with Crippen molar-refractivity contribution in [2.24, 2.45) is 0 Å². The Balaban J connectivity index is 2.43. The summed E-state index contributed by atoms with van der Waals surface area (Å²) in [5, 5.41) is 10.3. The second-order valence-corrected chi connectivity index (χ2v) is 4.22. The molecule has 0 amide bonds. The van der Waals surface area contributed by atoms with Crippen LogP contribution in [0.25, 0.3) is 0 Å². The van der Waals surface area contributed by atoms with Crippen molar-refractivity contribution in [2.75, 3.05) is 19.8 Å². The van der Waals surface area contributed by atoms with E-state index in [-0.39, 0.29) is 5.88 Å². The van der Waals surface area contributed by atoms with Gasteiger partial charge in [0.25, 0.3) is 0 Å². The fourth-order valence-electron chi connectivity index (χ4n) is 1.61. The number of aromatic hydroxyl groups is 1. The Morgan fingerprint density at radius 3 is 2.93 bits per heavy atom. The summed E-state index contributed by atoms with van der Waals surface area (Å²) >= 11 is 1.46. The van der Waals surface area contributed by atoms with Gasteiger partial charge in [0.15, 0.2) is 5.16 Å². The highest BCUT2D eigenvalue weighted by molar-refractivity contribution is 7.98. The molecule has 0 bridgehead atoms. The number of nitrogens with zero attached hydrogens (tertiary/aromatic N) is 3. The van der Waals surface area contributed by atoms with E-state index in [4.69, 9.17) is 0 Å². The molecule has 5 heteroatoms. The Kier molecular flexibility index (Phi) is 2.60. The van der Waals surface area contributed by atoms with E-state index in [0.29, 0.717) is 5.16 Å². The van der Waals surface area contributed by atoms with E-state index in [1.807, 2.05) is 6.26 Å². The first-order valence-corrected chi connectivity index (χ1v) is 5.74. The maximum absolute atomic E-state index is 9.67. The summed E-state index contributed by atoms with van der Waals surface area (Å²) < 4.78 is 0. The van der Waals surface area contributed by atoms with Gasteiger partial charge >= 0.3 is 0 Å². The maximum atomic E-state index is 9.67. The fourth-order valence-corrected chi connectivity index (χ4v) is 1.99. The molecule has 2 rings (SSSR count). The lowest BCUT2D eigenvalue weighted by atomic mass is 10.1. The largest absolute Gasteiger partial charge is 0.493 e. The van der Waals surface area contributed by atoms with Gasteiger partial charge in [0.05, 0.1) is 5.69 Å². The zero-order valence-corrected chi connectivity index (χ0v) is 9.13. The van der Waals surface area contributed by atoms with E-state index in [0.717, 1.165) is 30.8 Å². The highest BCUT2D eigenvalue weighted by atomic mass is 32.2. The molecular weight excluding hydrogens is 198 g/mol. The number of likely N-dealkylation sites (N-methyl/N-ethyl adjacent to an activating group) is 1. The lowest BCUT2D eigenvalue weighted by Crippen LogP contribution is -2.27. The van der Waals surface area contributed by atoms with Gasteiger partial charge < -0.3 is 10.0 Å². The van der Waals surface area contributed by atoms with Crippen LogP contribution in [0, 0.1) is 0 Å².